The lowest BCUT2D eigenvalue weighted by Gasteiger charge is -2.07. The average Bonchev–Trinajstić information content (AvgIpc) is 2.43. The Bertz CT molecular complexity index is 612. The third-order valence-corrected chi connectivity index (χ3v) is 3.23. The molecule has 0 bridgehead atoms. The molecule has 0 aliphatic rings. The smallest absolute Gasteiger partial charge is 0.157 e. The first-order valence-electron chi connectivity index (χ1n) is 5.59. The zero-order chi connectivity index (χ0) is 14.5. The zero-order valence-electron chi connectivity index (χ0n) is 10.6. The third kappa shape index (κ3) is 3.62. The molecule has 106 valence electrons. The van der Waals surface area contributed by atoms with Crippen LogP contribution in [0.3, 0.4) is 0 Å². The second-order valence-corrected chi connectivity index (χ2v) is 4.82. The van der Waals surface area contributed by atoms with Crippen LogP contribution in [0.15, 0.2) is 34.2 Å². The number of benzene rings is 1. The van der Waals surface area contributed by atoms with E-state index in [2.05, 4.69) is 15.4 Å². The predicted molar refractivity (Wildman–Crippen MR) is 71.0 cm³/mol. The Kier molecular flexibility index (Phi) is 4.83. The Labute approximate surface area is 118 Å². The van der Waals surface area contributed by atoms with Crippen LogP contribution in [0.1, 0.15) is 5.82 Å². The number of hydrogen-bond acceptors (Lipinski definition) is 6. The Morgan fingerprint density at radius 3 is 2.80 bits per heavy atom. The van der Waals surface area contributed by atoms with Gasteiger partial charge < -0.3 is 10.2 Å². The van der Waals surface area contributed by atoms with Crippen LogP contribution < -0.4 is 11.3 Å². The fourth-order valence-corrected chi connectivity index (χ4v) is 2.34. The van der Waals surface area contributed by atoms with Gasteiger partial charge in [-0.1, -0.05) is 11.8 Å². The van der Waals surface area contributed by atoms with Crippen molar-refractivity contribution in [3.05, 3.63) is 41.7 Å². The minimum Gasteiger partial charge on any atom is -0.377 e. The second kappa shape index (κ2) is 6.60. The Morgan fingerprint density at radius 1 is 1.30 bits per heavy atom. The molecule has 20 heavy (non-hydrogen) atoms. The van der Waals surface area contributed by atoms with Crippen molar-refractivity contribution in [3.8, 4) is 0 Å². The van der Waals surface area contributed by atoms with Crippen molar-refractivity contribution in [2.24, 2.45) is 5.84 Å². The molecule has 1 aromatic carbocycles. The van der Waals surface area contributed by atoms with Gasteiger partial charge in [0.1, 0.15) is 29.1 Å². The number of nitrogens with zero attached hydrogens (tertiary/aromatic N) is 2. The molecule has 1 aromatic heterocycles. The summed E-state index contributed by atoms with van der Waals surface area (Å²) in [6.07, 6.45) is 0. The minimum atomic E-state index is -0.523. The quantitative estimate of drug-likeness (QED) is 0.501. The van der Waals surface area contributed by atoms with E-state index in [0.29, 0.717) is 16.7 Å². The highest BCUT2D eigenvalue weighted by Crippen LogP contribution is 2.30. The van der Waals surface area contributed by atoms with Gasteiger partial charge in [-0.05, 0) is 18.2 Å². The summed E-state index contributed by atoms with van der Waals surface area (Å²) in [5.41, 5.74) is 2.39. The Morgan fingerprint density at radius 2 is 2.10 bits per heavy atom. The summed E-state index contributed by atoms with van der Waals surface area (Å²) in [4.78, 5) is 8.38. The standard InChI is InChI=1S/C12H12F2N4OS/c1-19-6-11-16-10(18-15)5-12(17-11)20-9-4-7(13)2-3-8(9)14/h2-5H,6,15H2,1H3,(H,16,17,18). The molecule has 0 saturated carbocycles. The number of methoxy groups -OCH3 is 1. The molecule has 5 nitrogen and oxygen atoms in total. The van der Waals surface area contributed by atoms with E-state index in [-0.39, 0.29) is 11.5 Å². The van der Waals surface area contributed by atoms with Gasteiger partial charge in [0.25, 0.3) is 0 Å². The molecule has 0 unspecified atom stereocenters. The van der Waals surface area contributed by atoms with Gasteiger partial charge in [-0.3, -0.25) is 0 Å². The summed E-state index contributed by atoms with van der Waals surface area (Å²) >= 11 is 0.981. The molecular weight excluding hydrogens is 286 g/mol. The summed E-state index contributed by atoms with van der Waals surface area (Å²) in [5.74, 6) is 5.03. The van der Waals surface area contributed by atoms with E-state index in [4.69, 9.17) is 10.6 Å². The number of aromatic nitrogens is 2. The zero-order valence-corrected chi connectivity index (χ0v) is 11.4. The van der Waals surface area contributed by atoms with Crippen molar-refractivity contribution in [3.63, 3.8) is 0 Å². The molecule has 1 heterocycles. The lowest BCUT2D eigenvalue weighted by molar-refractivity contribution is 0.177. The number of ether oxygens (including phenoxy) is 1. The molecule has 3 N–H and O–H groups in total. The number of rotatable bonds is 5. The fraction of sp³-hybridized carbons (Fsp3) is 0.167. The van der Waals surface area contributed by atoms with Crippen LogP contribution in [0.4, 0.5) is 14.6 Å². The SMILES string of the molecule is COCc1nc(NN)cc(Sc2cc(F)ccc2F)n1. The minimum absolute atomic E-state index is 0.134. The second-order valence-electron chi connectivity index (χ2n) is 3.76. The van der Waals surface area contributed by atoms with E-state index in [9.17, 15) is 8.78 Å². The molecule has 8 heteroatoms. The van der Waals surface area contributed by atoms with Crippen molar-refractivity contribution in [1.82, 2.24) is 9.97 Å². The van der Waals surface area contributed by atoms with Crippen molar-refractivity contribution < 1.29 is 13.5 Å². The van der Waals surface area contributed by atoms with E-state index < -0.39 is 11.6 Å². The molecule has 0 atom stereocenters. The highest BCUT2D eigenvalue weighted by atomic mass is 32.2. The average molecular weight is 298 g/mol. The van der Waals surface area contributed by atoms with E-state index in [1.807, 2.05) is 0 Å². The number of hydrogen-bond donors (Lipinski definition) is 2. The van der Waals surface area contributed by atoms with Crippen molar-refractivity contribution >= 4 is 17.6 Å². The van der Waals surface area contributed by atoms with Gasteiger partial charge in [-0.15, -0.1) is 0 Å². The monoisotopic (exact) mass is 298 g/mol. The van der Waals surface area contributed by atoms with Crippen LogP contribution in [0, 0.1) is 11.6 Å². The normalized spacial score (nSPS) is 10.6. The van der Waals surface area contributed by atoms with Gasteiger partial charge in [0.05, 0.1) is 4.90 Å². The van der Waals surface area contributed by atoms with Gasteiger partial charge in [-0.2, -0.15) is 0 Å². The van der Waals surface area contributed by atoms with E-state index in [1.165, 1.54) is 13.2 Å². The van der Waals surface area contributed by atoms with Crippen LogP contribution >= 0.6 is 11.8 Å². The number of nitrogens with two attached hydrogens (primary N) is 1. The topological polar surface area (TPSA) is 73.1 Å². The highest BCUT2D eigenvalue weighted by Gasteiger charge is 2.10. The van der Waals surface area contributed by atoms with Crippen LogP contribution in [-0.4, -0.2) is 17.1 Å². The maximum absolute atomic E-state index is 13.6. The predicted octanol–water partition coefficient (Wildman–Crippen LogP) is 2.34. The first kappa shape index (κ1) is 14.6. The molecule has 0 aliphatic carbocycles. The van der Waals surface area contributed by atoms with Gasteiger partial charge >= 0.3 is 0 Å². The fourth-order valence-electron chi connectivity index (χ4n) is 1.46. The number of nitrogens with one attached hydrogen (secondary N) is 1. The van der Waals surface area contributed by atoms with E-state index in [0.717, 1.165) is 30.0 Å². The van der Waals surface area contributed by atoms with Gasteiger partial charge in [0.15, 0.2) is 5.82 Å². The Balaban J connectivity index is 2.32. The molecule has 0 aliphatic heterocycles. The number of nitrogen functional groups attached to an aromatic ring is 1. The molecule has 0 spiro atoms. The summed E-state index contributed by atoms with van der Waals surface area (Å²) in [6.45, 7) is 0.189. The summed E-state index contributed by atoms with van der Waals surface area (Å²) < 4.78 is 31.7. The number of hydrazine groups is 1. The molecule has 2 aromatic rings. The number of anilines is 1. The van der Waals surface area contributed by atoms with Crippen molar-refractivity contribution in [2.45, 2.75) is 16.5 Å². The first-order chi connectivity index (χ1) is 9.62. The first-order valence-corrected chi connectivity index (χ1v) is 6.40. The van der Waals surface area contributed by atoms with Crippen molar-refractivity contribution in [2.75, 3.05) is 12.5 Å². The molecule has 0 amide bonds. The number of halogens is 2. The molecule has 0 saturated heterocycles. The highest BCUT2D eigenvalue weighted by molar-refractivity contribution is 7.99. The van der Waals surface area contributed by atoms with Gasteiger partial charge in [-0.25, -0.2) is 24.6 Å². The van der Waals surface area contributed by atoms with E-state index >= 15 is 0 Å². The summed E-state index contributed by atoms with van der Waals surface area (Å²) in [7, 11) is 1.50. The maximum atomic E-state index is 13.6. The van der Waals surface area contributed by atoms with Crippen LogP contribution in [0.2, 0.25) is 0 Å². The molecular formula is C12H12F2N4OS. The maximum Gasteiger partial charge on any atom is 0.157 e. The van der Waals surface area contributed by atoms with Crippen LogP contribution in [-0.2, 0) is 11.3 Å². The third-order valence-electron chi connectivity index (χ3n) is 2.28. The molecule has 0 fully saturated rings. The van der Waals surface area contributed by atoms with E-state index in [1.54, 1.807) is 0 Å². The van der Waals surface area contributed by atoms with Crippen LogP contribution in [0.5, 0.6) is 0 Å². The van der Waals surface area contributed by atoms with Gasteiger partial charge in [0, 0.05) is 13.2 Å². The lowest BCUT2D eigenvalue weighted by Crippen LogP contribution is -2.11. The Hall–Kier alpha value is -1.77. The van der Waals surface area contributed by atoms with Crippen molar-refractivity contribution in [1.29, 1.82) is 0 Å². The largest absolute Gasteiger partial charge is 0.377 e. The summed E-state index contributed by atoms with van der Waals surface area (Å²) in [6, 6.07) is 4.77. The molecule has 2 rings (SSSR count). The van der Waals surface area contributed by atoms with Crippen LogP contribution in [0.25, 0.3) is 0 Å². The summed E-state index contributed by atoms with van der Waals surface area (Å²) in [5, 5.41) is 0.435. The van der Waals surface area contributed by atoms with Gasteiger partial charge in [0.2, 0.25) is 0 Å². The lowest BCUT2D eigenvalue weighted by atomic mass is 10.3. The molecule has 0 radical (unpaired) electrons.